The maximum absolute atomic E-state index is 8.75. The molecule has 19 heavy (non-hydrogen) atoms. The number of rotatable bonds is 4. The van der Waals surface area contributed by atoms with Crippen molar-refractivity contribution in [2.24, 2.45) is 5.92 Å². The van der Waals surface area contributed by atoms with Gasteiger partial charge in [0.25, 0.3) is 0 Å². The highest BCUT2D eigenvalue weighted by Crippen LogP contribution is 2.30. The van der Waals surface area contributed by atoms with Crippen LogP contribution in [0.5, 0.6) is 0 Å². The molecule has 0 saturated heterocycles. The molecule has 1 aromatic heterocycles. The molecule has 2 unspecified atom stereocenters. The molecule has 1 heterocycles. The van der Waals surface area contributed by atoms with Crippen LogP contribution in [0.3, 0.4) is 0 Å². The van der Waals surface area contributed by atoms with Crippen LogP contribution in [-0.4, -0.2) is 17.8 Å². The van der Waals surface area contributed by atoms with Gasteiger partial charge in [-0.25, -0.2) is 0 Å². The molecule has 0 spiro atoms. The van der Waals surface area contributed by atoms with Gasteiger partial charge in [0.1, 0.15) is 6.61 Å². The first-order valence-corrected chi connectivity index (χ1v) is 8.00. The van der Waals surface area contributed by atoms with Gasteiger partial charge in [0.05, 0.1) is 12.7 Å². The Bertz CT molecular complexity index is 441. The summed E-state index contributed by atoms with van der Waals surface area (Å²) in [7, 11) is 0. The molecule has 0 bridgehead atoms. The lowest BCUT2D eigenvalue weighted by atomic mass is 9.85. The van der Waals surface area contributed by atoms with Crippen molar-refractivity contribution in [3.63, 3.8) is 0 Å². The molecule has 0 radical (unpaired) electrons. The van der Waals surface area contributed by atoms with Crippen LogP contribution in [0, 0.1) is 17.8 Å². The summed E-state index contributed by atoms with van der Waals surface area (Å²) in [6, 6.07) is 2.00. The molecule has 1 saturated carbocycles. The maximum atomic E-state index is 8.75. The molecule has 1 aromatic rings. The Morgan fingerprint density at radius 1 is 1.42 bits per heavy atom. The van der Waals surface area contributed by atoms with Crippen molar-refractivity contribution in [1.29, 1.82) is 0 Å². The molecular formula is C16H22O2S. The second-order valence-corrected chi connectivity index (χ2v) is 6.02. The third kappa shape index (κ3) is 4.07. The molecule has 0 aromatic carbocycles. The van der Waals surface area contributed by atoms with E-state index in [9.17, 15) is 0 Å². The van der Waals surface area contributed by atoms with Gasteiger partial charge >= 0.3 is 0 Å². The van der Waals surface area contributed by atoms with E-state index in [0.29, 0.717) is 12.7 Å². The van der Waals surface area contributed by atoms with Crippen LogP contribution < -0.4 is 0 Å². The highest BCUT2D eigenvalue weighted by molar-refractivity contribution is 7.10. The van der Waals surface area contributed by atoms with Crippen molar-refractivity contribution in [3.05, 3.63) is 21.9 Å². The van der Waals surface area contributed by atoms with Crippen molar-refractivity contribution < 1.29 is 9.84 Å². The van der Waals surface area contributed by atoms with E-state index in [1.807, 2.05) is 11.4 Å². The van der Waals surface area contributed by atoms with E-state index in [1.165, 1.54) is 37.0 Å². The van der Waals surface area contributed by atoms with Crippen molar-refractivity contribution in [2.75, 3.05) is 6.61 Å². The number of aliphatic hydroxyl groups is 1. The molecule has 2 atom stereocenters. The quantitative estimate of drug-likeness (QED) is 0.853. The van der Waals surface area contributed by atoms with Gasteiger partial charge < -0.3 is 9.84 Å². The van der Waals surface area contributed by atoms with Gasteiger partial charge in [-0.2, -0.15) is 0 Å². The lowest BCUT2D eigenvalue weighted by Gasteiger charge is -2.30. The second-order valence-electron chi connectivity index (χ2n) is 5.02. The minimum absolute atomic E-state index is 0.0866. The molecule has 1 N–H and O–H groups in total. The summed E-state index contributed by atoms with van der Waals surface area (Å²) in [6.45, 7) is 2.83. The van der Waals surface area contributed by atoms with E-state index in [0.717, 1.165) is 11.5 Å². The predicted molar refractivity (Wildman–Crippen MR) is 79.1 cm³/mol. The number of aliphatic hydroxyl groups excluding tert-OH is 1. The molecule has 2 nitrogen and oxygen atoms in total. The summed E-state index contributed by atoms with van der Waals surface area (Å²) in [5.74, 6) is 6.41. The van der Waals surface area contributed by atoms with Crippen LogP contribution in [0.1, 0.15) is 49.5 Å². The molecule has 3 heteroatoms. The van der Waals surface area contributed by atoms with E-state index in [4.69, 9.17) is 9.84 Å². The number of thiophene rings is 1. The standard InChI is InChI=1S/C16H22O2S/c1-2-13-6-3-4-8-15(13)18-12-16-14(7-5-10-17)9-11-19-16/h9,11,13,15,17H,2-4,6,8,10,12H2,1H3. The van der Waals surface area contributed by atoms with E-state index < -0.39 is 0 Å². The first kappa shape index (κ1) is 14.6. The Balaban J connectivity index is 1.92. The Morgan fingerprint density at radius 2 is 2.26 bits per heavy atom. The van der Waals surface area contributed by atoms with Gasteiger partial charge in [0.2, 0.25) is 0 Å². The third-order valence-corrected chi connectivity index (χ3v) is 4.73. The molecule has 1 aliphatic carbocycles. The van der Waals surface area contributed by atoms with Crippen LogP contribution in [0.4, 0.5) is 0 Å². The highest BCUT2D eigenvalue weighted by Gasteiger charge is 2.24. The van der Waals surface area contributed by atoms with Crippen molar-refractivity contribution in [1.82, 2.24) is 0 Å². The second kappa shape index (κ2) is 7.69. The minimum Gasteiger partial charge on any atom is -0.384 e. The smallest absolute Gasteiger partial charge is 0.104 e. The number of hydrogen-bond donors (Lipinski definition) is 1. The van der Waals surface area contributed by atoms with Gasteiger partial charge in [0.15, 0.2) is 0 Å². The van der Waals surface area contributed by atoms with E-state index in [-0.39, 0.29) is 6.61 Å². The molecule has 1 fully saturated rings. The molecule has 2 rings (SSSR count). The monoisotopic (exact) mass is 278 g/mol. The third-order valence-electron chi connectivity index (χ3n) is 3.84. The number of ether oxygens (including phenoxy) is 1. The lowest BCUT2D eigenvalue weighted by Crippen LogP contribution is -2.27. The largest absolute Gasteiger partial charge is 0.384 e. The zero-order valence-electron chi connectivity index (χ0n) is 11.5. The Morgan fingerprint density at radius 3 is 3.05 bits per heavy atom. The summed E-state index contributed by atoms with van der Waals surface area (Å²) >= 11 is 1.69. The topological polar surface area (TPSA) is 29.5 Å². The first-order chi connectivity index (χ1) is 9.35. The van der Waals surface area contributed by atoms with Gasteiger partial charge in [-0.3, -0.25) is 0 Å². The zero-order valence-corrected chi connectivity index (χ0v) is 12.3. The van der Waals surface area contributed by atoms with Crippen molar-refractivity contribution >= 4 is 11.3 Å². The van der Waals surface area contributed by atoms with E-state index >= 15 is 0 Å². The van der Waals surface area contributed by atoms with Crippen LogP contribution in [0.15, 0.2) is 11.4 Å². The summed E-state index contributed by atoms with van der Waals surface area (Å²) in [5.41, 5.74) is 1.00. The summed E-state index contributed by atoms with van der Waals surface area (Å²) in [4.78, 5) is 1.18. The SMILES string of the molecule is CCC1CCCCC1OCc1sccc1C#CCO. The van der Waals surface area contributed by atoms with Gasteiger partial charge in [0, 0.05) is 10.4 Å². The van der Waals surface area contributed by atoms with Gasteiger partial charge in [-0.15, -0.1) is 11.3 Å². The average molecular weight is 278 g/mol. The van der Waals surface area contributed by atoms with Crippen LogP contribution >= 0.6 is 11.3 Å². The van der Waals surface area contributed by atoms with Gasteiger partial charge in [-0.05, 0) is 30.2 Å². The molecule has 104 valence electrons. The predicted octanol–water partition coefficient (Wildman–Crippen LogP) is 3.58. The molecular weight excluding hydrogens is 256 g/mol. The van der Waals surface area contributed by atoms with Crippen LogP contribution in [0.25, 0.3) is 0 Å². The van der Waals surface area contributed by atoms with Crippen molar-refractivity contribution in [2.45, 2.75) is 51.7 Å². The summed E-state index contributed by atoms with van der Waals surface area (Å²) in [6.07, 6.45) is 6.78. The Kier molecular flexibility index (Phi) is 5.91. The molecule has 0 aliphatic heterocycles. The van der Waals surface area contributed by atoms with Crippen molar-refractivity contribution in [3.8, 4) is 11.8 Å². The van der Waals surface area contributed by atoms with E-state index in [2.05, 4.69) is 18.8 Å². The summed E-state index contributed by atoms with van der Waals surface area (Å²) in [5, 5.41) is 10.8. The number of hydrogen-bond acceptors (Lipinski definition) is 3. The first-order valence-electron chi connectivity index (χ1n) is 7.12. The molecule has 0 amide bonds. The Hall–Kier alpha value is -0.820. The highest BCUT2D eigenvalue weighted by atomic mass is 32.1. The minimum atomic E-state index is -0.0866. The maximum Gasteiger partial charge on any atom is 0.104 e. The fourth-order valence-corrected chi connectivity index (χ4v) is 3.49. The summed E-state index contributed by atoms with van der Waals surface area (Å²) < 4.78 is 6.13. The van der Waals surface area contributed by atoms with E-state index in [1.54, 1.807) is 11.3 Å². The van der Waals surface area contributed by atoms with Crippen LogP contribution in [0.2, 0.25) is 0 Å². The fourth-order valence-electron chi connectivity index (χ4n) is 2.74. The normalized spacial score (nSPS) is 22.8. The Labute approximate surface area is 119 Å². The molecule has 1 aliphatic rings. The average Bonchev–Trinajstić information content (AvgIpc) is 2.90. The lowest BCUT2D eigenvalue weighted by molar-refractivity contribution is -0.0211. The van der Waals surface area contributed by atoms with Gasteiger partial charge in [-0.1, -0.05) is 38.0 Å². The fraction of sp³-hybridized carbons (Fsp3) is 0.625. The van der Waals surface area contributed by atoms with Crippen LogP contribution in [-0.2, 0) is 11.3 Å². The zero-order chi connectivity index (χ0) is 13.5.